The molecule has 0 heterocycles. The Labute approximate surface area is 195 Å². The highest BCUT2D eigenvalue weighted by molar-refractivity contribution is 5.72. The number of carboxylic acids is 2. The first kappa shape index (κ1) is 30.9. The predicted molar refractivity (Wildman–Crippen MR) is 129 cm³/mol. The molecule has 6 heteroatoms. The fourth-order valence-corrected chi connectivity index (χ4v) is 4.13. The number of carbonyl (C=O) groups is 2. The van der Waals surface area contributed by atoms with E-state index in [-0.39, 0.29) is 0 Å². The summed E-state index contributed by atoms with van der Waals surface area (Å²) < 4.78 is 0. The highest BCUT2D eigenvalue weighted by Crippen LogP contribution is 2.15. The van der Waals surface area contributed by atoms with Crippen molar-refractivity contribution in [2.75, 3.05) is 0 Å². The number of unbranched alkanes of at least 4 members (excludes halogenated alkanes) is 19. The van der Waals surface area contributed by atoms with Gasteiger partial charge in [0.05, 0.1) is 6.10 Å². The number of hydrogen-bond acceptors (Lipinski definition) is 4. The van der Waals surface area contributed by atoms with Gasteiger partial charge in [-0.05, 0) is 12.8 Å². The molecule has 0 aromatic rings. The molecule has 0 amide bonds. The molecule has 0 saturated carbocycles. The minimum Gasteiger partial charge on any atom is -0.481 e. The molecular weight excluding hydrogens is 408 g/mol. The molecule has 0 aliphatic heterocycles. The minimum absolute atomic E-state index is 0.318. The quantitative estimate of drug-likeness (QED) is 0.117. The van der Waals surface area contributed by atoms with Crippen molar-refractivity contribution in [2.45, 2.75) is 153 Å². The number of aliphatic hydroxyl groups excluding tert-OH is 2. The van der Waals surface area contributed by atoms with Gasteiger partial charge in [0.2, 0.25) is 0 Å². The molecule has 0 fully saturated rings. The van der Waals surface area contributed by atoms with E-state index in [1.54, 1.807) is 0 Å². The second-order valence-corrected chi connectivity index (χ2v) is 9.35. The van der Waals surface area contributed by atoms with Crippen LogP contribution in [-0.2, 0) is 9.59 Å². The Morgan fingerprint density at radius 3 is 1.03 bits per heavy atom. The highest BCUT2D eigenvalue weighted by atomic mass is 16.4. The summed E-state index contributed by atoms with van der Waals surface area (Å²) in [7, 11) is 0. The van der Waals surface area contributed by atoms with E-state index < -0.39 is 24.1 Å². The lowest BCUT2D eigenvalue weighted by Crippen LogP contribution is -2.33. The van der Waals surface area contributed by atoms with E-state index in [9.17, 15) is 19.8 Å². The second kappa shape index (κ2) is 23.0. The SMILES string of the molecule is O=C(O)CCCCCCCCCCCCCCCCCCCCCCC(O)C(O)C(=O)O. The summed E-state index contributed by atoms with van der Waals surface area (Å²) in [6.07, 6.45) is 22.1. The van der Waals surface area contributed by atoms with E-state index in [2.05, 4.69) is 0 Å². The van der Waals surface area contributed by atoms with Crippen molar-refractivity contribution in [3.63, 3.8) is 0 Å². The molecule has 0 spiro atoms. The molecule has 0 aliphatic carbocycles. The van der Waals surface area contributed by atoms with Crippen LogP contribution in [0, 0.1) is 0 Å². The number of rotatable bonds is 25. The molecular formula is C26H50O6. The Kier molecular flexibility index (Phi) is 22.2. The maximum atomic E-state index is 10.5. The van der Waals surface area contributed by atoms with Gasteiger partial charge in [-0.1, -0.05) is 122 Å². The summed E-state index contributed by atoms with van der Waals surface area (Å²) in [5, 5.41) is 35.9. The maximum absolute atomic E-state index is 10.5. The van der Waals surface area contributed by atoms with E-state index in [0.29, 0.717) is 12.8 Å². The molecule has 0 aromatic carbocycles. The van der Waals surface area contributed by atoms with Gasteiger partial charge in [0, 0.05) is 6.42 Å². The zero-order valence-electron chi connectivity index (χ0n) is 20.3. The van der Waals surface area contributed by atoms with Crippen LogP contribution in [0.4, 0.5) is 0 Å². The summed E-state index contributed by atoms with van der Waals surface area (Å²) in [5.41, 5.74) is 0. The number of aliphatic carboxylic acids is 2. The molecule has 6 nitrogen and oxygen atoms in total. The fourth-order valence-electron chi connectivity index (χ4n) is 4.13. The third kappa shape index (κ3) is 22.1. The Morgan fingerprint density at radius 2 is 0.750 bits per heavy atom. The van der Waals surface area contributed by atoms with Gasteiger partial charge in [-0.2, -0.15) is 0 Å². The Bertz CT molecular complexity index is 440. The van der Waals surface area contributed by atoms with Crippen molar-refractivity contribution in [1.82, 2.24) is 0 Å². The molecule has 0 saturated heterocycles. The first-order chi connectivity index (χ1) is 15.4. The van der Waals surface area contributed by atoms with E-state index in [1.165, 1.54) is 96.3 Å². The molecule has 2 unspecified atom stereocenters. The van der Waals surface area contributed by atoms with Crippen molar-refractivity contribution < 1.29 is 30.0 Å². The van der Waals surface area contributed by atoms with Crippen LogP contribution >= 0.6 is 0 Å². The van der Waals surface area contributed by atoms with Crippen LogP contribution in [0.5, 0.6) is 0 Å². The van der Waals surface area contributed by atoms with Crippen molar-refractivity contribution in [3.8, 4) is 0 Å². The van der Waals surface area contributed by atoms with Gasteiger partial charge in [-0.3, -0.25) is 4.79 Å². The fraction of sp³-hybridized carbons (Fsp3) is 0.923. The third-order valence-corrected chi connectivity index (χ3v) is 6.26. The van der Waals surface area contributed by atoms with Crippen LogP contribution in [0.1, 0.15) is 141 Å². The average molecular weight is 459 g/mol. The van der Waals surface area contributed by atoms with E-state index in [0.717, 1.165) is 32.1 Å². The van der Waals surface area contributed by atoms with Crippen LogP contribution in [0.3, 0.4) is 0 Å². The number of hydrogen-bond donors (Lipinski definition) is 4. The highest BCUT2D eigenvalue weighted by Gasteiger charge is 2.22. The van der Waals surface area contributed by atoms with Gasteiger partial charge in [0.15, 0.2) is 6.10 Å². The van der Waals surface area contributed by atoms with E-state index in [1.807, 2.05) is 0 Å². The molecule has 0 radical (unpaired) electrons. The number of aliphatic hydroxyl groups is 2. The minimum atomic E-state index is -1.66. The lowest BCUT2D eigenvalue weighted by Gasteiger charge is -2.13. The van der Waals surface area contributed by atoms with Crippen molar-refractivity contribution in [1.29, 1.82) is 0 Å². The topological polar surface area (TPSA) is 115 Å². The Balaban J connectivity index is 3.14. The van der Waals surface area contributed by atoms with Crippen molar-refractivity contribution >= 4 is 11.9 Å². The van der Waals surface area contributed by atoms with Crippen LogP contribution in [0.25, 0.3) is 0 Å². The van der Waals surface area contributed by atoms with Gasteiger partial charge >= 0.3 is 11.9 Å². The summed E-state index contributed by atoms with van der Waals surface area (Å²) in [5.74, 6) is -2.03. The monoisotopic (exact) mass is 458 g/mol. The van der Waals surface area contributed by atoms with Gasteiger partial charge in [-0.25, -0.2) is 4.79 Å². The van der Waals surface area contributed by atoms with Gasteiger partial charge in [-0.15, -0.1) is 0 Å². The molecule has 4 N–H and O–H groups in total. The van der Waals surface area contributed by atoms with Crippen LogP contribution < -0.4 is 0 Å². The summed E-state index contributed by atoms with van der Waals surface area (Å²) >= 11 is 0. The van der Waals surface area contributed by atoms with E-state index in [4.69, 9.17) is 10.2 Å². The lowest BCUT2D eigenvalue weighted by molar-refractivity contribution is -0.153. The summed E-state index contributed by atoms with van der Waals surface area (Å²) in [6.45, 7) is 0. The third-order valence-electron chi connectivity index (χ3n) is 6.26. The largest absolute Gasteiger partial charge is 0.481 e. The normalized spacial score (nSPS) is 13.2. The summed E-state index contributed by atoms with van der Waals surface area (Å²) in [4.78, 5) is 21.0. The zero-order valence-corrected chi connectivity index (χ0v) is 20.3. The van der Waals surface area contributed by atoms with Crippen LogP contribution in [0.15, 0.2) is 0 Å². The van der Waals surface area contributed by atoms with Crippen LogP contribution in [0.2, 0.25) is 0 Å². The summed E-state index contributed by atoms with van der Waals surface area (Å²) in [6, 6.07) is 0. The van der Waals surface area contributed by atoms with Gasteiger partial charge < -0.3 is 20.4 Å². The maximum Gasteiger partial charge on any atom is 0.335 e. The standard InChI is InChI=1S/C26H50O6/c27-23(25(30)26(31)32)21-19-17-15-13-11-9-7-5-3-1-2-4-6-8-10-12-14-16-18-20-22-24(28)29/h23,25,27,30H,1-22H2,(H,28,29)(H,31,32). The molecule has 190 valence electrons. The molecule has 0 rings (SSSR count). The molecule has 0 aliphatic rings. The van der Waals surface area contributed by atoms with Crippen molar-refractivity contribution in [3.05, 3.63) is 0 Å². The van der Waals surface area contributed by atoms with Gasteiger partial charge in [0.25, 0.3) is 0 Å². The van der Waals surface area contributed by atoms with Crippen molar-refractivity contribution in [2.24, 2.45) is 0 Å². The zero-order chi connectivity index (χ0) is 23.9. The number of carboxylic acid groups (broad SMARTS) is 2. The van der Waals surface area contributed by atoms with Gasteiger partial charge in [0.1, 0.15) is 0 Å². The molecule has 32 heavy (non-hydrogen) atoms. The smallest absolute Gasteiger partial charge is 0.335 e. The Morgan fingerprint density at radius 1 is 0.469 bits per heavy atom. The molecule has 2 atom stereocenters. The first-order valence-corrected chi connectivity index (χ1v) is 13.3. The van der Waals surface area contributed by atoms with E-state index >= 15 is 0 Å². The molecule has 0 bridgehead atoms. The Hall–Kier alpha value is -1.14. The second-order valence-electron chi connectivity index (χ2n) is 9.35. The van der Waals surface area contributed by atoms with Crippen LogP contribution in [-0.4, -0.2) is 44.6 Å². The predicted octanol–water partition coefficient (Wildman–Crippen LogP) is 6.46. The lowest BCUT2D eigenvalue weighted by atomic mass is 10.0. The first-order valence-electron chi connectivity index (χ1n) is 13.3. The molecule has 0 aromatic heterocycles. The average Bonchev–Trinajstić information content (AvgIpc) is 2.76.